The molecule has 2 nitrogen and oxygen atoms in total. The fourth-order valence-electron chi connectivity index (χ4n) is 3.74. The Morgan fingerprint density at radius 3 is 2.62 bits per heavy atom. The first-order chi connectivity index (χ1) is 9.88. The Bertz CT molecular complexity index is 282. The molecule has 0 aromatic carbocycles. The smallest absolute Gasteiger partial charge is 0.00719 e. The van der Waals surface area contributed by atoms with Crippen molar-refractivity contribution >= 4 is 11.8 Å². The van der Waals surface area contributed by atoms with Gasteiger partial charge in [-0.2, -0.15) is 11.8 Å². The van der Waals surface area contributed by atoms with Gasteiger partial charge in [0, 0.05) is 25.2 Å². The van der Waals surface area contributed by atoms with Gasteiger partial charge in [0.15, 0.2) is 0 Å². The van der Waals surface area contributed by atoms with Gasteiger partial charge in [-0.05, 0) is 56.6 Å². The predicted molar refractivity (Wildman–Crippen MR) is 98.3 cm³/mol. The van der Waals surface area contributed by atoms with Crippen LogP contribution in [-0.4, -0.2) is 49.1 Å². The third-order valence-corrected chi connectivity index (χ3v) is 5.79. The maximum absolute atomic E-state index is 3.73. The molecule has 0 heterocycles. The van der Waals surface area contributed by atoms with Gasteiger partial charge >= 0.3 is 0 Å². The van der Waals surface area contributed by atoms with Crippen molar-refractivity contribution in [1.29, 1.82) is 0 Å². The summed E-state index contributed by atoms with van der Waals surface area (Å²) in [6.07, 6.45) is 9.15. The van der Waals surface area contributed by atoms with Crippen LogP contribution >= 0.6 is 11.8 Å². The summed E-state index contributed by atoms with van der Waals surface area (Å²) in [7, 11) is 2.33. The number of rotatable bonds is 9. The maximum atomic E-state index is 3.73. The molecular weight excluding hydrogens is 276 g/mol. The summed E-state index contributed by atoms with van der Waals surface area (Å²) >= 11 is 1.97. The molecule has 0 bridgehead atoms. The number of hydrogen-bond acceptors (Lipinski definition) is 3. The minimum absolute atomic E-state index is 0.490. The van der Waals surface area contributed by atoms with Gasteiger partial charge in [-0.15, -0.1) is 0 Å². The lowest BCUT2D eigenvalue weighted by Gasteiger charge is -2.44. The molecule has 1 aliphatic rings. The fourth-order valence-corrected chi connectivity index (χ4v) is 4.32. The molecule has 3 heteroatoms. The first-order valence-corrected chi connectivity index (χ1v) is 10.2. The van der Waals surface area contributed by atoms with Crippen molar-refractivity contribution in [1.82, 2.24) is 10.2 Å². The van der Waals surface area contributed by atoms with Crippen molar-refractivity contribution < 1.29 is 0 Å². The zero-order chi connectivity index (χ0) is 15.9. The molecule has 1 fully saturated rings. The van der Waals surface area contributed by atoms with E-state index in [1.54, 1.807) is 0 Å². The fraction of sp³-hybridized carbons (Fsp3) is 1.00. The molecule has 0 saturated heterocycles. The van der Waals surface area contributed by atoms with Gasteiger partial charge < -0.3 is 10.2 Å². The molecule has 126 valence electrons. The standard InChI is InChI=1S/C18H38N2S/c1-15(2)19-13-18(10-7-8-16(3)12-18)14-20(5)17(4)9-11-21-6/h15-17,19H,7-14H2,1-6H3. The van der Waals surface area contributed by atoms with Crippen LogP contribution in [0.2, 0.25) is 0 Å². The Kier molecular flexibility index (Phi) is 8.66. The van der Waals surface area contributed by atoms with Crippen LogP contribution in [0.15, 0.2) is 0 Å². The van der Waals surface area contributed by atoms with Crippen molar-refractivity contribution in [2.24, 2.45) is 11.3 Å². The topological polar surface area (TPSA) is 15.3 Å². The Morgan fingerprint density at radius 2 is 2.05 bits per heavy atom. The highest BCUT2D eigenvalue weighted by molar-refractivity contribution is 7.98. The Morgan fingerprint density at radius 1 is 1.33 bits per heavy atom. The largest absolute Gasteiger partial charge is 0.314 e. The average molecular weight is 315 g/mol. The van der Waals surface area contributed by atoms with Gasteiger partial charge in [0.2, 0.25) is 0 Å². The van der Waals surface area contributed by atoms with Gasteiger partial charge in [0.1, 0.15) is 0 Å². The number of nitrogens with zero attached hydrogens (tertiary/aromatic N) is 1. The molecule has 1 saturated carbocycles. The molecule has 0 aliphatic heterocycles. The quantitative estimate of drug-likeness (QED) is 0.685. The summed E-state index contributed by atoms with van der Waals surface area (Å²) in [5.41, 5.74) is 0.490. The van der Waals surface area contributed by atoms with Crippen LogP contribution in [0.1, 0.15) is 59.8 Å². The van der Waals surface area contributed by atoms with Crippen molar-refractivity contribution in [3.05, 3.63) is 0 Å². The van der Waals surface area contributed by atoms with Crippen molar-refractivity contribution in [3.63, 3.8) is 0 Å². The minimum atomic E-state index is 0.490. The van der Waals surface area contributed by atoms with Crippen LogP contribution in [0.5, 0.6) is 0 Å². The summed E-state index contributed by atoms with van der Waals surface area (Å²) in [6.45, 7) is 11.8. The molecule has 0 amide bonds. The first-order valence-electron chi connectivity index (χ1n) is 8.81. The molecule has 0 aromatic heterocycles. The zero-order valence-corrected chi connectivity index (χ0v) is 16.1. The van der Waals surface area contributed by atoms with Crippen LogP contribution in [0.4, 0.5) is 0 Å². The Labute approximate surface area is 137 Å². The van der Waals surface area contributed by atoms with E-state index in [9.17, 15) is 0 Å². The predicted octanol–water partition coefficient (Wildman–Crippen LogP) is 4.25. The third-order valence-electron chi connectivity index (χ3n) is 5.15. The lowest BCUT2D eigenvalue weighted by Crippen LogP contribution is -2.48. The maximum Gasteiger partial charge on any atom is 0.00719 e. The van der Waals surface area contributed by atoms with E-state index in [-0.39, 0.29) is 0 Å². The van der Waals surface area contributed by atoms with E-state index in [2.05, 4.69) is 51.2 Å². The highest BCUT2D eigenvalue weighted by atomic mass is 32.2. The Balaban J connectivity index is 2.63. The van der Waals surface area contributed by atoms with Gasteiger partial charge in [-0.3, -0.25) is 0 Å². The van der Waals surface area contributed by atoms with E-state index in [1.165, 1.54) is 50.9 Å². The summed E-state index contributed by atoms with van der Waals surface area (Å²) in [4.78, 5) is 2.62. The van der Waals surface area contributed by atoms with Crippen LogP contribution in [0, 0.1) is 11.3 Å². The zero-order valence-electron chi connectivity index (χ0n) is 15.2. The average Bonchev–Trinajstić information content (AvgIpc) is 2.42. The van der Waals surface area contributed by atoms with E-state index in [1.807, 2.05) is 11.8 Å². The highest BCUT2D eigenvalue weighted by Crippen LogP contribution is 2.40. The van der Waals surface area contributed by atoms with Crippen LogP contribution in [0.3, 0.4) is 0 Å². The van der Waals surface area contributed by atoms with E-state index >= 15 is 0 Å². The number of hydrogen-bond donors (Lipinski definition) is 1. The lowest BCUT2D eigenvalue weighted by molar-refractivity contribution is 0.0735. The van der Waals surface area contributed by atoms with Crippen molar-refractivity contribution in [3.8, 4) is 0 Å². The monoisotopic (exact) mass is 314 g/mol. The van der Waals surface area contributed by atoms with Crippen LogP contribution in [-0.2, 0) is 0 Å². The molecule has 0 radical (unpaired) electrons. The second-order valence-corrected chi connectivity index (χ2v) is 8.77. The summed E-state index contributed by atoms with van der Waals surface area (Å²) in [6, 6.07) is 1.30. The number of nitrogens with one attached hydrogen (secondary N) is 1. The molecule has 21 heavy (non-hydrogen) atoms. The molecule has 1 aliphatic carbocycles. The summed E-state index contributed by atoms with van der Waals surface area (Å²) < 4.78 is 0. The molecule has 1 rings (SSSR count). The van der Waals surface area contributed by atoms with Crippen molar-refractivity contribution in [2.75, 3.05) is 32.1 Å². The van der Waals surface area contributed by atoms with E-state index < -0.39 is 0 Å². The Hall–Kier alpha value is 0.270. The number of thioether (sulfide) groups is 1. The van der Waals surface area contributed by atoms with E-state index in [0.717, 1.165) is 5.92 Å². The third kappa shape index (κ3) is 6.92. The second-order valence-electron chi connectivity index (χ2n) is 7.78. The minimum Gasteiger partial charge on any atom is -0.314 e. The van der Waals surface area contributed by atoms with Crippen LogP contribution < -0.4 is 5.32 Å². The molecule has 0 spiro atoms. The van der Waals surface area contributed by atoms with E-state index in [0.29, 0.717) is 17.5 Å². The van der Waals surface area contributed by atoms with Gasteiger partial charge in [-0.25, -0.2) is 0 Å². The van der Waals surface area contributed by atoms with Gasteiger partial charge in [-0.1, -0.05) is 33.6 Å². The molecule has 1 N–H and O–H groups in total. The SMILES string of the molecule is CSCCC(C)N(C)CC1(CNC(C)C)CCCC(C)C1. The first kappa shape index (κ1) is 19.3. The summed E-state index contributed by atoms with van der Waals surface area (Å²) in [5, 5.41) is 3.73. The van der Waals surface area contributed by atoms with E-state index in [4.69, 9.17) is 0 Å². The molecule has 3 unspecified atom stereocenters. The molecular formula is C18H38N2S. The highest BCUT2D eigenvalue weighted by Gasteiger charge is 2.36. The molecule has 3 atom stereocenters. The van der Waals surface area contributed by atoms with Gasteiger partial charge in [0.05, 0.1) is 0 Å². The summed E-state index contributed by atoms with van der Waals surface area (Å²) in [5.74, 6) is 2.17. The van der Waals surface area contributed by atoms with Crippen molar-refractivity contribution in [2.45, 2.75) is 71.9 Å². The molecule has 0 aromatic rings. The normalized spacial score (nSPS) is 28.3. The van der Waals surface area contributed by atoms with Gasteiger partial charge in [0.25, 0.3) is 0 Å². The lowest BCUT2D eigenvalue weighted by atomic mass is 9.69. The van der Waals surface area contributed by atoms with Crippen LogP contribution in [0.25, 0.3) is 0 Å². The second kappa shape index (κ2) is 9.42.